The van der Waals surface area contributed by atoms with Crippen LogP contribution in [0.3, 0.4) is 0 Å². The van der Waals surface area contributed by atoms with Crippen molar-refractivity contribution in [1.82, 2.24) is 24.7 Å². The van der Waals surface area contributed by atoms with E-state index >= 15 is 0 Å². The highest BCUT2D eigenvalue weighted by molar-refractivity contribution is 7.98. The molecule has 4 rings (SSSR count). The molecule has 0 bridgehead atoms. The van der Waals surface area contributed by atoms with Gasteiger partial charge in [0.1, 0.15) is 0 Å². The molecule has 3 aromatic rings. The Kier molecular flexibility index (Phi) is 7.63. The molecule has 6 nitrogen and oxygen atoms in total. The van der Waals surface area contributed by atoms with Gasteiger partial charge in [0.05, 0.1) is 0 Å². The van der Waals surface area contributed by atoms with E-state index in [4.69, 9.17) is 0 Å². The Hall–Kier alpha value is -2.61. The summed E-state index contributed by atoms with van der Waals surface area (Å²) in [6, 6.07) is 16.1. The minimum atomic E-state index is -0.0657. The average Bonchev–Trinajstić information content (AvgIpc) is 3.33. The zero-order valence-corrected chi connectivity index (χ0v) is 19.6. The second kappa shape index (κ2) is 10.8. The fourth-order valence-electron chi connectivity index (χ4n) is 4.10. The highest BCUT2D eigenvalue weighted by Crippen LogP contribution is 2.19. The molecule has 0 radical (unpaired) electrons. The van der Waals surface area contributed by atoms with Crippen LogP contribution in [-0.2, 0) is 13.1 Å². The third-order valence-electron chi connectivity index (χ3n) is 6.04. The Morgan fingerprint density at radius 3 is 2.53 bits per heavy atom. The van der Waals surface area contributed by atoms with Crippen molar-refractivity contribution in [2.24, 2.45) is 0 Å². The van der Waals surface area contributed by atoms with E-state index in [-0.39, 0.29) is 5.91 Å². The van der Waals surface area contributed by atoms with Crippen LogP contribution in [0.15, 0.2) is 66.1 Å². The molecule has 0 saturated carbocycles. The number of likely N-dealkylation sites (N-methyl/N-ethyl adjacent to an activating group) is 1. The first-order chi connectivity index (χ1) is 15.7. The summed E-state index contributed by atoms with van der Waals surface area (Å²) >= 11 is 1.58. The van der Waals surface area contributed by atoms with Gasteiger partial charge in [0, 0.05) is 62.9 Å². The maximum absolute atomic E-state index is 12.9. The van der Waals surface area contributed by atoms with E-state index in [1.807, 2.05) is 47.4 Å². The smallest absolute Gasteiger partial charge is 0.251 e. The Morgan fingerprint density at radius 1 is 1.03 bits per heavy atom. The van der Waals surface area contributed by atoms with Crippen LogP contribution in [0.2, 0.25) is 0 Å². The van der Waals surface area contributed by atoms with Crippen molar-refractivity contribution in [2.45, 2.75) is 25.2 Å². The second-order valence-electron chi connectivity index (χ2n) is 8.00. The Bertz CT molecular complexity index is 1040. The van der Waals surface area contributed by atoms with Gasteiger partial charge in [-0.2, -0.15) is 0 Å². The normalized spacial score (nSPS) is 15.1. The summed E-state index contributed by atoms with van der Waals surface area (Å²) in [6.45, 7) is 9.23. The molecule has 0 aliphatic carbocycles. The number of carbonyl (C=O) groups is 1. The number of hydrogen-bond acceptors (Lipinski definition) is 5. The topological polar surface area (TPSA) is 53.4 Å². The van der Waals surface area contributed by atoms with Crippen molar-refractivity contribution in [3.05, 3.63) is 77.6 Å². The number of piperazine rings is 1. The molecule has 168 valence electrons. The minimum absolute atomic E-state index is 0.0657. The lowest BCUT2D eigenvalue weighted by molar-refractivity contribution is 0.0950. The number of thioether (sulfide) groups is 1. The van der Waals surface area contributed by atoms with E-state index < -0.39 is 0 Å². The molecule has 0 atom stereocenters. The van der Waals surface area contributed by atoms with Gasteiger partial charge in [-0.25, -0.2) is 4.98 Å². The third-order valence-corrected chi connectivity index (χ3v) is 6.71. The van der Waals surface area contributed by atoms with Gasteiger partial charge in [0.2, 0.25) is 0 Å². The van der Waals surface area contributed by atoms with Gasteiger partial charge in [0.25, 0.3) is 5.91 Å². The minimum Gasteiger partial charge on any atom is -0.348 e. The van der Waals surface area contributed by atoms with Crippen LogP contribution in [-0.4, -0.2) is 64.2 Å². The zero-order chi connectivity index (χ0) is 22.3. The maximum Gasteiger partial charge on any atom is 0.251 e. The van der Waals surface area contributed by atoms with Gasteiger partial charge < -0.3 is 10.2 Å². The van der Waals surface area contributed by atoms with E-state index in [0.29, 0.717) is 12.1 Å². The van der Waals surface area contributed by atoms with E-state index in [1.165, 1.54) is 11.1 Å². The SMILES string of the molecule is CCN1CCN(Cc2ccccc2CNC(=O)c2cccc(-n3ccnc3SC)c2)CC1. The average molecular weight is 450 g/mol. The largest absolute Gasteiger partial charge is 0.348 e. The molecule has 1 N–H and O–H groups in total. The number of nitrogens with one attached hydrogen (secondary N) is 1. The Labute approximate surface area is 194 Å². The Morgan fingerprint density at radius 2 is 1.78 bits per heavy atom. The van der Waals surface area contributed by atoms with Crippen LogP contribution in [0, 0.1) is 0 Å². The number of aromatic nitrogens is 2. The first-order valence-electron chi connectivity index (χ1n) is 11.2. The van der Waals surface area contributed by atoms with Crippen LogP contribution < -0.4 is 5.32 Å². The predicted molar refractivity (Wildman–Crippen MR) is 130 cm³/mol. The van der Waals surface area contributed by atoms with Crippen LogP contribution >= 0.6 is 11.8 Å². The highest BCUT2D eigenvalue weighted by atomic mass is 32.2. The van der Waals surface area contributed by atoms with E-state index in [0.717, 1.165) is 50.1 Å². The summed E-state index contributed by atoms with van der Waals surface area (Å²) < 4.78 is 2.00. The Balaban J connectivity index is 1.40. The second-order valence-corrected chi connectivity index (χ2v) is 8.77. The first-order valence-corrected chi connectivity index (χ1v) is 12.4. The summed E-state index contributed by atoms with van der Waals surface area (Å²) in [5.41, 5.74) is 4.05. The number of rotatable bonds is 8. The molecule has 0 unspecified atom stereocenters. The molecule has 1 aromatic heterocycles. The lowest BCUT2D eigenvalue weighted by Crippen LogP contribution is -2.45. The van der Waals surface area contributed by atoms with Crippen molar-refractivity contribution < 1.29 is 4.79 Å². The van der Waals surface area contributed by atoms with Gasteiger partial charge >= 0.3 is 0 Å². The monoisotopic (exact) mass is 449 g/mol. The quantitative estimate of drug-likeness (QED) is 0.532. The molecular formula is C25H31N5OS. The molecule has 1 fully saturated rings. The third kappa shape index (κ3) is 5.41. The molecule has 1 aliphatic rings. The summed E-state index contributed by atoms with van der Waals surface area (Å²) in [4.78, 5) is 22.2. The molecule has 7 heteroatoms. The lowest BCUT2D eigenvalue weighted by atomic mass is 10.1. The molecule has 0 spiro atoms. The summed E-state index contributed by atoms with van der Waals surface area (Å²) in [6.07, 6.45) is 5.69. The number of amides is 1. The number of imidazole rings is 1. The van der Waals surface area contributed by atoms with Crippen molar-refractivity contribution >= 4 is 17.7 Å². The van der Waals surface area contributed by atoms with Crippen molar-refractivity contribution in [3.63, 3.8) is 0 Å². The van der Waals surface area contributed by atoms with Gasteiger partial charge in [-0.15, -0.1) is 0 Å². The summed E-state index contributed by atoms with van der Waals surface area (Å²) in [5.74, 6) is -0.0657. The molecule has 2 heterocycles. The maximum atomic E-state index is 12.9. The van der Waals surface area contributed by atoms with Crippen molar-refractivity contribution in [3.8, 4) is 5.69 Å². The van der Waals surface area contributed by atoms with Crippen molar-refractivity contribution in [2.75, 3.05) is 39.0 Å². The lowest BCUT2D eigenvalue weighted by Gasteiger charge is -2.34. The zero-order valence-electron chi connectivity index (χ0n) is 18.8. The highest BCUT2D eigenvalue weighted by Gasteiger charge is 2.17. The van der Waals surface area contributed by atoms with Gasteiger partial charge in [-0.05, 0) is 42.1 Å². The van der Waals surface area contributed by atoms with Gasteiger partial charge in [-0.1, -0.05) is 49.0 Å². The molecule has 32 heavy (non-hydrogen) atoms. The molecule has 1 saturated heterocycles. The molecule has 2 aromatic carbocycles. The van der Waals surface area contributed by atoms with Crippen LogP contribution in [0.1, 0.15) is 28.4 Å². The first kappa shape index (κ1) is 22.6. The van der Waals surface area contributed by atoms with E-state index in [1.54, 1.807) is 18.0 Å². The van der Waals surface area contributed by atoms with Crippen LogP contribution in [0.4, 0.5) is 0 Å². The fourth-order valence-corrected chi connectivity index (χ4v) is 4.63. The molecule has 1 amide bonds. The number of nitrogens with zero attached hydrogens (tertiary/aromatic N) is 4. The van der Waals surface area contributed by atoms with Crippen molar-refractivity contribution in [1.29, 1.82) is 0 Å². The van der Waals surface area contributed by atoms with Gasteiger partial charge in [0.15, 0.2) is 5.16 Å². The fraction of sp³-hybridized carbons (Fsp3) is 0.360. The summed E-state index contributed by atoms with van der Waals surface area (Å²) in [7, 11) is 0. The number of carbonyl (C=O) groups excluding carboxylic acids is 1. The van der Waals surface area contributed by atoms with Gasteiger partial charge in [-0.3, -0.25) is 14.3 Å². The predicted octanol–water partition coefficient (Wildman–Crippen LogP) is 3.66. The number of benzene rings is 2. The van der Waals surface area contributed by atoms with Crippen LogP contribution in [0.5, 0.6) is 0 Å². The molecular weight excluding hydrogens is 418 g/mol. The molecule has 1 aliphatic heterocycles. The number of hydrogen-bond donors (Lipinski definition) is 1. The van der Waals surface area contributed by atoms with E-state index in [2.05, 4.69) is 45.2 Å². The summed E-state index contributed by atoms with van der Waals surface area (Å²) in [5, 5.41) is 4.01. The van der Waals surface area contributed by atoms with Crippen LogP contribution in [0.25, 0.3) is 5.69 Å². The standard InChI is InChI=1S/C25H31N5OS/c1-3-28-13-15-29(16-14-28)19-22-8-5-4-7-21(22)18-27-24(31)20-9-6-10-23(17-20)30-12-11-26-25(30)32-2/h4-12,17H,3,13-16,18-19H2,1-2H3,(H,27,31). The van der Waals surface area contributed by atoms with E-state index in [9.17, 15) is 4.79 Å².